The summed E-state index contributed by atoms with van der Waals surface area (Å²) in [7, 11) is 0. The Labute approximate surface area is 228 Å². The lowest BCUT2D eigenvalue weighted by Crippen LogP contribution is -2.02. The average molecular weight is 512 g/mol. The lowest BCUT2D eigenvalue weighted by Gasteiger charge is -2.13. The normalized spacial score (nSPS) is 12.0. The standard InChI is InChI=1S/C36H21N3O/c1-2-10-23-21-32-28(19-22(23)9-1)25-11-4-7-15-31(25)39(32)36-27-13-3-6-14-30(27)37-35(38-36)24-17-18-34-29(20-24)26-12-5-8-16-33(26)40-34/h1-21H. The van der Waals surface area contributed by atoms with E-state index in [0.717, 1.165) is 55.3 Å². The predicted octanol–water partition coefficient (Wildman–Crippen LogP) is 9.45. The molecule has 3 heterocycles. The second-order valence-corrected chi connectivity index (χ2v) is 10.3. The van der Waals surface area contributed by atoms with Gasteiger partial charge in [0.1, 0.15) is 17.0 Å². The lowest BCUT2D eigenvalue weighted by atomic mass is 10.1. The molecule has 0 unspecified atom stereocenters. The minimum absolute atomic E-state index is 0.688. The molecule has 9 rings (SSSR count). The first-order valence-corrected chi connectivity index (χ1v) is 13.4. The van der Waals surface area contributed by atoms with E-state index in [1.807, 2.05) is 30.3 Å². The molecule has 0 aliphatic rings. The summed E-state index contributed by atoms with van der Waals surface area (Å²) in [5, 5.41) is 8.02. The van der Waals surface area contributed by atoms with E-state index in [0.29, 0.717) is 5.82 Å². The van der Waals surface area contributed by atoms with Gasteiger partial charge in [0.25, 0.3) is 0 Å². The van der Waals surface area contributed by atoms with Gasteiger partial charge >= 0.3 is 0 Å². The van der Waals surface area contributed by atoms with Crippen LogP contribution in [0.4, 0.5) is 0 Å². The van der Waals surface area contributed by atoms with E-state index < -0.39 is 0 Å². The highest BCUT2D eigenvalue weighted by molar-refractivity contribution is 6.14. The Bertz CT molecular complexity index is 2450. The van der Waals surface area contributed by atoms with Crippen LogP contribution < -0.4 is 0 Å². The topological polar surface area (TPSA) is 43.9 Å². The van der Waals surface area contributed by atoms with E-state index in [2.05, 4.69) is 102 Å². The first-order valence-electron chi connectivity index (χ1n) is 13.4. The molecule has 0 saturated carbocycles. The molecule has 186 valence electrons. The molecule has 3 aromatic heterocycles. The summed E-state index contributed by atoms with van der Waals surface area (Å²) < 4.78 is 8.38. The molecule has 6 aromatic carbocycles. The fourth-order valence-corrected chi connectivity index (χ4v) is 6.11. The van der Waals surface area contributed by atoms with Crippen LogP contribution in [0.2, 0.25) is 0 Å². The van der Waals surface area contributed by atoms with Crippen molar-refractivity contribution in [1.29, 1.82) is 0 Å². The third-order valence-corrected chi connectivity index (χ3v) is 7.97. The first kappa shape index (κ1) is 21.5. The number of benzene rings is 6. The molecule has 0 bridgehead atoms. The highest BCUT2D eigenvalue weighted by Crippen LogP contribution is 2.37. The monoisotopic (exact) mass is 511 g/mol. The molecule has 0 atom stereocenters. The zero-order valence-electron chi connectivity index (χ0n) is 21.4. The van der Waals surface area contributed by atoms with Crippen molar-refractivity contribution in [3.05, 3.63) is 127 Å². The number of furan rings is 1. The third-order valence-electron chi connectivity index (χ3n) is 7.97. The van der Waals surface area contributed by atoms with E-state index in [1.165, 1.54) is 21.5 Å². The Hall–Kier alpha value is -5.48. The van der Waals surface area contributed by atoms with Gasteiger partial charge in [0.15, 0.2) is 5.82 Å². The maximum atomic E-state index is 6.08. The number of hydrogen-bond donors (Lipinski definition) is 0. The maximum absolute atomic E-state index is 6.08. The fraction of sp³-hybridized carbons (Fsp3) is 0. The van der Waals surface area contributed by atoms with Crippen molar-refractivity contribution >= 4 is 65.4 Å². The summed E-state index contributed by atoms with van der Waals surface area (Å²) in [6.45, 7) is 0. The van der Waals surface area contributed by atoms with Gasteiger partial charge in [-0.05, 0) is 65.4 Å². The van der Waals surface area contributed by atoms with E-state index >= 15 is 0 Å². The van der Waals surface area contributed by atoms with Crippen LogP contribution in [0, 0.1) is 0 Å². The molecule has 0 aliphatic carbocycles. The second kappa shape index (κ2) is 8.01. The van der Waals surface area contributed by atoms with Crippen LogP contribution in [0.1, 0.15) is 0 Å². The van der Waals surface area contributed by atoms with Crippen molar-refractivity contribution in [3.8, 4) is 17.2 Å². The number of hydrogen-bond acceptors (Lipinski definition) is 3. The van der Waals surface area contributed by atoms with E-state index in [-0.39, 0.29) is 0 Å². The fourth-order valence-electron chi connectivity index (χ4n) is 6.11. The maximum Gasteiger partial charge on any atom is 0.162 e. The predicted molar refractivity (Wildman–Crippen MR) is 164 cm³/mol. The van der Waals surface area contributed by atoms with Gasteiger partial charge in [0.05, 0.1) is 16.6 Å². The SMILES string of the molecule is c1ccc2cc3c(cc2c1)c1ccccc1n3-c1nc(-c2ccc3oc4ccccc4c3c2)nc2ccccc12. The van der Waals surface area contributed by atoms with Crippen molar-refractivity contribution in [3.63, 3.8) is 0 Å². The molecular weight excluding hydrogens is 490 g/mol. The van der Waals surface area contributed by atoms with Gasteiger partial charge in [-0.2, -0.15) is 0 Å². The Balaban J connectivity index is 1.38. The van der Waals surface area contributed by atoms with Gasteiger partial charge < -0.3 is 4.42 Å². The van der Waals surface area contributed by atoms with Crippen molar-refractivity contribution in [2.45, 2.75) is 0 Å². The molecule has 0 aliphatic heterocycles. The van der Waals surface area contributed by atoms with E-state index in [4.69, 9.17) is 14.4 Å². The first-order chi connectivity index (χ1) is 19.8. The third kappa shape index (κ3) is 3.01. The number of para-hydroxylation sites is 3. The number of fused-ring (bicyclic) bond motifs is 8. The summed E-state index contributed by atoms with van der Waals surface area (Å²) in [6.07, 6.45) is 0. The summed E-state index contributed by atoms with van der Waals surface area (Å²) in [6, 6.07) is 44.3. The molecule has 0 spiro atoms. The molecule has 0 saturated heterocycles. The Morgan fingerprint density at radius 3 is 2.08 bits per heavy atom. The molecule has 40 heavy (non-hydrogen) atoms. The molecule has 4 heteroatoms. The van der Waals surface area contributed by atoms with Gasteiger partial charge in [0.2, 0.25) is 0 Å². The summed E-state index contributed by atoms with van der Waals surface area (Å²) in [4.78, 5) is 10.3. The quantitative estimate of drug-likeness (QED) is 0.232. The molecule has 0 N–H and O–H groups in total. The largest absolute Gasteiger partial charge is 0.456 e. The Morgan fingerprint density at radius 2 is 1.18 bits per heavy atom. The summed E-state index contributed by atoms with van der Waals surface area (Å²) in [5.74, 6) is 1.56. The van der Waals surface area contributed by atoms with Crippen LogP contribution in [-0.2, 0) is 0 Å². The average Bonchev–Trinajstić information content (AvgIpc) is 3.54. The number of nitrogens with zero attached hydrogens (tertiary/aromatic N) is 3. The van der Waals surface area contributed by atoms with E-state index in [9.17, 15) is 0 Å². The molecule has 0 fully saturated rings. The minimum Gasteiger partial charge on any atom is -0.456 e. The molecule has 0 radical (unpaired) electrons. The van der Waals surface area contributed by atoms with Crippen LogP contribution in [0.25, 0.3) is 82.6 Å². The van der Waals surface area contributed by atoms with Gasteiger partial charge in [-0.1, -0.05) is 72.8 Å². The van der Waals surface area contributed by atoms with Crippen molar-refractivity contribution in [2.24, 2.45) is 0 Å². The van der Waals surface area contributed by atoms with Crippen LogP contribution in [-0.4, -0.2) is 14.5 Å². The van der Waals surface area contributed by atoms with Gasteiger partial charge in [0, 0.05) is 32.5 Å². The van der Waals surface area contributed by atoms with Crippen LogP contribution in [0.15, 0.2) is 132 Å². The lowest BCUT2D eigenvalue weighted by molar-refractivity contribution is 0.669. The zero-order valence-corrected chi connectivity index (χ0v) is 21.4. The molecule has 4 nitrogen and oxygen atoms in total. The van der Waals surface area contributed by atoms with Gasteiger partial charge in [-0.15, -0.1) is 0 Å². The smallest absolute Gasteiger partial charge is 0.162 e. The van der Waals surface area contributed by atoms with Crippen molar-refractivity contribution in [2.75, 3.05) is 0 Å². The summed E-state index contributed by atoms with van der Waals surface area (Å²) in [5.41, 5.74) is 5.86. The van der Waals surface area contributed by atoms with E-state index in [1.54, 1.807) is 0 Å². The molecule has 9 aromatic rings. The summed E-state index contributed by atoms with van der Waals surface area (Å²) >= 11 is 0. The zero-order chi connectivity index (χ0) is 26.2. The van der Waals surface area contributed by atoms with Gasteiger partial charge in [-0.25, -0.2) is 9.97 Å². The van der Waals surface area contributed by atoms with Gasteiger partial charge in [-0.3, -0.25) is 4.57 Å². The Kier molecular flexibility index (Phi) is 4.30. The highest BCUT2D eigenvalue weighted by atomic mass is 16.3. The minimum atomic E-state index is 0.688. The van der Waals surface area contributed by atoms with Crippen molar-refractivity contribution in [1.82, 2.24) is 14.5 Å². The second-order valence-electron chi connectivity index (χ2n) is 10.3. The number of rotatable bonds is 2. The van der Waals surface area contributed by atoms with Crippen LogP contribution in [0.5, 0.6) is 0 Å². The van der Waals surface area contributed by atoms with Crippen LogP contribution in [0.3, 0.4) is 0 Å². The highest BCUT2D eigenvalue weighted by Gasteiger charge is 2.18. The Morgan fingerprint density at radius 1 is 0.475 bits per heavy atom. The van der Waals surface area contributed by atoms with Crippen LogP contribution >= 0.6 is 0 Å². The molecular formula is C36H21N3O. The molecule has 0 amide bonds. The number of aromatic nitrogens is 3. The van der Waals surface area contributed by atoms with Crippen molar-refractivity contribution < 1.29 is 4.42 Å².